The molecule has 1 aromatic carbocycles. The van der Waals surface area contributed by atoms with Gasteiger partial charge in [0, 0.05) is 0 Å². The maximum atomic E-state index is 9.39. The van der Waals surface area contributed by atoms with Crippen LogP contribution in [0.3, 0.4) is 0 Å². The van der Waals surface area contributed by atoms with Crippen LogP contribution >= 0.6 is 0 Å². The molecule has 0 radical (unpaired) electrons. The van der Waals surface area contributed by atoms with E-state index in [4.69, 9.17) is 0 Å². The zero-order valence-corrected chi connectivity index (χ0v) is 10.5. The lowest BCUT2D eigenvalue weighted by molar-refractivity contribution is 0.278. The molecule has 0 saturated heterocycles. The fraction of sp³-hybridized carbons (Fsp3) is 0.571. The van der Waals surface area contributed by atoms with Crippen LogP contribution in [0, 0.1) is 0 Å². The van der Waals surface area contributed by atoms with Gasteiger partial charge in [0.25, 0.3) is 0 Å². The minimum Gasteiger partial charge on any atom is -0.392 e. The van der Waals surface area contributed by atoms with E-state index < -0.39 is 0 Å². The van der Waals surface area contributed by atoms with E-state index in [0.29, 0.717) is 5.92 Å². The molecule has 0 aliphatic heterocycles. The first kappa shape index (κ1) is 12.3. The standard InChI is InChI=1S/C14H22O/c1-10(2)12-8-6-7-11(9-15)13(12)14(3,4)5/h6-8,10,15H,9H2,1-5H3. The highest BCUT2D eigenvalue weighted by atomic mass is 16.3. The van der Waals surface area contributed by atoms with Crippen molar-refractivity contribution in [1.82, 2.24) is 0 Å². The van der Waals surface area contributed by atoms with Gasteiger partial charge in [-0.25, -0.2) is 0 Å². The Bertz CT molecular complexity index is 332. The Morgan fingerprint density at radius 1 is 1.20 bits per heavy atom. The van der Waals surface area contributed by atoms with Crippen LogP contribution in [0.4, 0.5) is 0 Å². The van der Waals surface area contributed by atoms with Crippen molar-refractivity contribution in [3.8, 4) is 0 Å². The van der Waals surface area contributed by atoms with Crippen molar-refractivity contribution in [2.45, 2.75) is 52.6 Å². The van der Waals surface area contributed by atoms with Gasteiger partial charge >= 0.3 is 0 Å². The van der Waals surface area contributed by atoms with Gasteiger partial charge in [0.2, 0.25) is 0 Å². The normalized spacial score (nSPS) is 12.2. The Hall–Kier alpha value is -0.820. The highest BCUT2D eigenvalue weighted by Gasteiger charge is 2.22. The number of aliphatic hydroxyl groups excluding tert-OH is 1. The van der Waals surface area contributed by atoms with E-state index in [1.54, 1.807) is 0 Å². The van der Waals surface area contributed by atoms with Gasteiger partial charge in [-0.2, -0.15) is 0 Å². The molecule has 0 atom stereocenters. The van der Waals surface area contributed by atoms with E-state index >= 15 is 0 Å². The molecule has 0 aromatic heterocycles. The van der Waals surface area contributed by atoms with E-state index in [0.717, 1.165) is 5.56 Å². The molecule has 84 valence electrons. The quantitative estimate of drug-likeness (QED) is 0.784. The predicted octanol–water partition coefficient (Wildman–Crippen LogP) is 3.60. The molecule has 0 saturated carbocycles. The second-order valence-corrected chi connectivity index (χ2v) is 5.44. The van der Waals surface area contributed by atoms with Crippen molar-refractivity contribution in [2.24, 2.45) is 0 Å². The molecule has 0 unspecified atom stereocenters. The van der Waals surface area contributed by atoms with Crippen LogP contribution in [0.2, 0.25) is 0 Å². The highest BCUT2D eigenvalue weighted by molar-refractivity contribution is 5.41. The van der Waals surface area contributed by atoms with Crippen LogP contribution in [-0.4, -0.2) is 5.11 Å². The summed E-state index contributed by atoms with van der Waals surface area (Å²) >= 11 is 0. The molecule has 1 heteroatoms. The Labute approximate surface area is 93.1 Å². The van der Waals surface area contributed by atoms with Crippen LogP contribution in [0.25, 0.3) is 0 Å². The van der Waals surface area contributed by atoms with Gasteiger partial charge < -0.3 is 5.11 Å². The van der Waals surface area contributed by atoms with Crippen LogP contribution < -0.4 is 0 Å². The molecule has 1 aromatic rings. The van der Waals surface area contributed by atoms with Crippen LogP contribution in [0.1, 0.15) is 57.2 Å². The summed E-state index contributed by atoms with van der Waals surface area (Å²) in [5.41, 5.74) is 3.82. The van der Waals surface area contributed by atoms with Gasteiger partial charge in [0.1, 0.15) is 0 Å². The SMILES string of the molecule is CC(C)c1cccc(CO)c1C(C)(C)C. The van der Waals surface area contributed by atoms with Gasteiger partial charge in [-0.05, 0) is 28.0 Å². The van der Waals surface area contributed by atoms with Crippen LogP contribution in [-0.2, 0) is 12.0 Å². The number of aliphatic hydroxyl groups is 1. The topological polar surface area (TPSA) is 20.2 Å². The first-order chi connectivity index (χ1) is 6.88. The predicted molar refractivity (Wildman–Crippen MR) is 65.2 cm³/mol. The lowest BCUT2D eigenvalue weighted by Gasteiger charge is -2.27. The first-order valence-corrected chi connectivity index (χ1v) is 5.61. The molecule has 1 rings (SSSR count). The largest absolute Gasteiger partial charge is 0.392 e. The lowest BCUT2D eigenvalue weighted by atomic mass is 9.78. The van der Waals surface area contributed by atoms with Crippen molar-refractivity contribution < 1.29 is 5.11 Å². The zero-order chi connectivity index (χ0) is 11.6. The summed E-state index contributed by atoms with van der Waals surface area (Å²) in [4.78, 5) is 0. The molecular formula is C14H22O. The van der Waals surface area contributed by atoms with Gasteiger partial charge in [0.05, 0.1) is 6.61 Å². The van der Waals surface area contributed by atoms with E-state index in [1.807, 2.05) is 12.1 Å². The molecule has 0 aliphatic rings. The second-order valence-electron chi connectivity index (χ2n) is 5.44. The third kappa shape index (κ3) is 2.60. The first-order valence-electron chi connectivity index (χ1n) is 5.61. The second kappa shape index (κ2) is 4.36. The van der Waals surface area contributed by atoms with E-state index in [1.165, 1.54) is 11.1 Å². The average molecular weight is 206 g/mol. The summed E-state index contributed by atoms with van der Waals surface area (Å²) in [6, 6.07) is 6.23. The van der Waals surface area contributed by atoms with Gasteiger partial charge in [-0.3, -0.25) is 0 Å². The van der Waals surface area contributed by atoms with E-state index in [9.17, 15) is 5.11 Å². The molecule has 0 spiro atoms. The van der Waals surface area contributed by atoms with Crippen LogP contribution in [0.5, 0.6) is 0 Å². The van der Waals surface area contributed by atoms with Crippen molar-refractivity contribution in [3.05, 3.63) is 34.9 Å². The van der Waals surface area contributed by atoms with Gasteiger partial charge in [0.15, 0.2) is 0 Å². The summed E-state index contributed by atoms with van der Waals surface area (Å²) in [6.07, 6.45) is 0. The third-order valence-corrected chi connectivity index (χ3v) is 2.73. The number of rotatable bonds is 2. The minimum absolute atomic E-state index is 0.0962. The molecule has 0 amide bonds. The summed E-state index contributed by atoms with van der Waals surface area (Å²) < 4.78 is 0. The molecular weight excluding hydrogens is 184 g/mol. The van der Waals surface area contributed by atoms with E-state index in [2.05, 4.69) is 40.7 Å². The molecule has 0 bridgehead atoms. The zero-order valence-electron chi connectivity index (χ0n) is 10.5. The maximum absolute atomic E-state index is 9.39. The Balaban J connectivity index is 3.41. The van der Waals surface area contributed by atoms with Crippen LogP contribution in [0.15, 0.2) is 18.2 Å². The molecule has 0 aliphatic carbocycles. The molecule has 15 heavy (non-hydrogen) atoms. The van der Waals surface area contributed by atoms with Crippen molar-refractivity contribution in [1.29, 1.82) is 0 Å². The molecule has 1 N–H and O–H groups in total. The number of hydrogen-bond acceptors (Lipinski definition) is 1. The Morgan fingerprint density at radius 3 is 2.20 bits per heavy atom. The van der Waals surface area contributed by atoms with Gasteiger partial charge in [-0.15, -0.1) is 0 Å². The average Bonchev–Trinajstić information content (AvgIpc) is 2.15. The smallest absolute Gasteiger partial charge is 0.0684 e. The van der Waals surface area contributed by atoms with Gasteiger partial charge in [-0.1, -0.05) is 52.8 Å². The van der Waals surface area contributed by atoms with Crippen molar-refractivity contribution in [2.75, 3.05) is 0 Å². The lowest BCUT2D eigenvalue weighted by Crippen LogP contribution is -2.18. The number of hydrogen-bond donors (Lipinski definition) is 1. The summed E-state index contributed by atoms with van der Waals surface area (Å²) in [7, 11) is 0. The molecule has 0 fully saturated rings. The maximum Gasteiger partial charge on any atom is 0.0684 e. The highest BCUT2D eigenvalue weighted by Crippen LogP contribution is 2.33. The monoisotopic (exact) mass is 206 g/mol. The van der Waals surface area contributed by atoms with E-state index in [-0.39, 0.29) is 12.0 Å². The Morgan fingerprint density at radius 2 is 1.80 bits per heavy atom. The third-order valence-electron chi connectivity index (χ3n) is 2.73. The molecule has 0 heterocycles. The summed E-state index contributed by atoms with van der Waals surface area (Å²) in [5.74, 6) is 0.505. The van der Waals surface area contributed by atoms with Crippen molar-refractivity contribution in [3.63, 3.8) is 0 Å². The summed E-state index contributed by atoms with van der Waals surface area (Å²) in [6.45, 7) is 11.1. The fourth-order valence-electron chi connectivity index (χ4n) is 2.15. The van der Waals surface area contributed by atoms with Crippen molar-refractivity contribution >= 4 is 0 Å². The molecule has 1 nitrogen and oxygen atoms in total. The minimum atomic E-state index is 0.0962. The summed E-state index contributed by atoms with van der Waals surface area (Å²) in [5, 5.41) is 9.39. The number of benzene rings is 1. The fourth-order valence-corrected chi connectivity index (χ4v) is 2.15. The Kier molecular flexibility index (Phi) is 3.56.